The van der Waals surface area contributed by atoms with Gasteiger partial charge in [0.15, 0.2) is 0 Å². The first-order valence-corrected chi connectivity index (χ1v) is 5.43. The van der Waals surface area contributed by atoms with Crippen molar-refractivity contribution >= 4 is 17.3 Å². The summed E-state index contributed by atoms with van der Waals surface area (Å²) in [5.74, 6) is -1.10. The van der Waals surface area contributed by atoms with Gasteiger partial charge in [0.1, 0.15) is 0 Å². The van der Waals surface area contributed by atoms with Crippen LogP contribution in [0, 0.1) is 6.92 Å². The van der Waals surface area contributed by atoms with Crippen molar-refractivity contribution in [2.75, 3.05) is 0 Å². The smallest absolute Gasteiger partial charge is 0.0732 e. The molecule has 2 rings (SSSR count). The fourth-order valence-electron chi connectivity index (χ4n) is 1.54. The number of aryl methyl sites for hydroxylation is 1. The summed E-state index contributed by atoms with van der Waals surface area (Å²) in [7, 11) is 0. The highest BCUT2D eigenvalue weighted by atomic mass is 32.1. The Labute approximate surface area is 91.8 Å². The molecule has 0 saturated carbocycles. The highest BCUT2D eigenvalue weighted by molar-refractivity contribution is 7.10. The number of benzene rings is 1. The maximum Gasteiger partial charge on any atom is 0.0732 e. The Kier molecular flexibility index (Phi) is 2.56. The lowest BCUT2D eigenvalue weighted by atomic mass is 10.0. The van der Waals surface area contributed by atoms with Crippen LogP contribution in [-0.2, 0) is 0 Å². The number of thiophene rings is 1. The summed E-state index contributed by atoms with van der Waals surface area (Å²) < 4.78 is 0. The van der Waals surface area contributed by atoms with Crippen LogP contribution in [0.5, 0.6) is 0 Å². The predicted molar refractivity (Wildman–Crippen MR) is 58.8 cm³/mol. The average molecular weight is 217 g/mol. The number of carboxylic acid groups (broad SMARTS) is 1. The first-order chi connectivity index (χ1) is 7.20. The minimum absolute atomic E-state index is 0.311. The van der Waals surface area contributed by atoms with Gasteiger partial charge in [0, 0.05) is 16.0 Å². The van der Waals surface area contributed by atoms with Gasteiger partial charge in [-0.1, -0.05) is 30.3 Å². The molecule has 0 aliphatic heterocycles. The lowest BCUT2D eigenvalue weighted by molar-refractivity contribution is -0.254. The minimum Gasteiger partial charge on any atom is -0.545 e. The Morgan fingerprint density at radius 2 is 1.93 bits per heavy atom. The van der Waals surface area contributed by atoms with Gasteiger partial charge in [-0.25, -0.2) is 0 Å². The Bertz CT molecular complexity index is 486. The van der Waals surface area contributed by atoms with E-state index in [1.165, 1.54) is 11.3 Å². The second-order valence-corrected chi connectivity index (χ2v) is 4.32. The van der Waals surface area contributed by atoms with Gasteiger partial charge >= 0.3 is 0 Å². The Morgan fingerprint density at radius 3 is 2.53 bits per heavy atom. The van der Waals surface area contributed by atoms with Crippen LogP contribution in [-0.4, -0.2) is 5.97 Å². The lowest BCUT2D eigenvalue weighted by Crippen LogP contribution is -2.23. The first-order valence-electron chi connectivity index (χ1n) is 4.55. The molecule has 1 heterocycles. The molecule has 0 bridgehead atoms. The molecular formula is C12H9O2S-. The maximum absolute atomic E-state index is 11.0. The van der Waals surface area contributed by atoms with E-state index in [4.69, 9.17) is 0 Å². The normalized spacial score (nSPS) is 10.2. The van der Waals surface area contributed by atoms with Crippen molar-refractivity contribution in [1.29, 1.82) is 0 Å². The van der Waals surface area contributed by atoms with Gasteiger partial charge in [-0.2, -0.15) is 0 Å². The molecule has 1 aromatic heterocycles. The molecule has 0 fully saturated rings. The summed E-state index contributed by atoms with van der Waals surface area (Å²) in [6, 6.07) is 9.48. The molecular weight excluding hydrogens is 208 g/mol. The zero-order valence-electron chi connectivity index (χ0n) is 8.19. The van der Waals surface area contributed by atoms with Gasteiger partial charge < -0.3 is 9.90 Å². The van der Waals surface area contributed by atoms with Crippen molar-refractivity contribution in [1.82, 2.24) is 0 Å². The summed E-state index contributed by atoms with van der Waals surface area (Å²) in [4.78, 5) is 11.8. The summed E-state index contributed by atoms with van der Waals surface area (Å²) >= 11 is 1.43. The first kappa shape index (κ1) is 9.93. The molecule has 1 aromatic carbocycles. The van der Waals surface area contributed by atoms with E-state index in [0.717, 1.165) is 16.0 Å². The van der Waals surface area contributed by atoms with Crippen LogP contribution in [0.4, 0.5) is 0 Å². The van der Waals surface area contributed by atoms with E-state index >= 15 is 0 Å². The number of aromatic carboxylic acids is 1. The number of hydrogen-bond acceptors (Lipinski definition) is 3. The van der Waals surface area contributed by atoms with E-state index in [1.54, 1.807) is 6.92 Å². The summed E-state index contributed by atoms with van der Waals surface area (Å²) in [5.41, 5.74) is 1.98. The zero-order valence-corrected chi connectivity index (χ0v) is 9.01. The highest BCUT2D eigenvalue weighted by Crippen LogP contribution is 2.30. The maximum atomic E-state index is 11.0. The molecule has 2 nitrogen and oxygen atoms in total. The SMILES string of the molecule is Cc1scc(-c2ccccc2)c1C(=O)[O-]. The van der Waals surface area contributed by atoms with Crippen molar-refractivity contribution in [3.8, 4) is 11.1 Å². The third kappa shape index (κ3) is 1.78. The number of hydrogen-bond donors (Lipinski definition) is 0. The van der Waals surface area contributed by atoms with Crippen molar-refractivity contribution in [2.24, 2.45) is 0 Å². The van der Waals surface area contributed by atoms with Crippen LogP contribution < -0.4 is 5.11 Å². The van der Waals surface area contributed by atoms with Crippen LogP contribution in [0.25, 0.3) is 11.1 Å². The summed E-state index contributed by atoms with van der Waals surface area (Å²) in [5, 5.41) is 12.8. The molecule has 0 unspecified atom stereocenters. The largest absolute Gasteiger partial charge is 0.545 e. The molecule has 0 N–H and O–H groups in total. The summed E-state index contributed by atoms with van der Waals surface area (Å²) in [6.45, 7) is 1.79. The predicted octanol–water partition coefficient (Wildman–Crippen LogP) is 2.09. The van der Waals surface area contributed by atoms with Crippen LogP contribution in [0.3, 0.4) is 0 Å². The van der Waals surface area contributed by atoms with Crippen molar-refractivity contribution in [3.63, 3.8) is 0 Å². The van der Waals surface area contributed by atoms with Gasteiger partial charge in [-0.3, -0.25) is 0 Å². The Hall–Kier alpha value is -1.61. The van der Waals surface area contributed by atoms with Crippen LogP contribution in [0.15, 0.2) is 35.7 Å². The van der Waals surface area contributed by atoms with Crippen LogP contribution in [0.1, 0.15) is 15.2 Å². The van der Waals surface area contributed by atoms with Gasteiger partial charge in [0.25, 0.3) is 0 Å². The third-order valence-corrected chi connectivity index (χ3v) is 3.18. The number of rotatable bonds is 2. The van der Waals surface area contributed by atoms with E-state index in [9.17, 15) is 9.90 Å². The molecule has 2 aromatic rings. The molecule has 15 heavy (non-hydrogen) atoms. The second-order valence-electron chi connectivity index (χ2n) is 3.23. The molecule has 0 aliphatic carbocycles. The molecule has 76 valence electrons. The van der Waals surface area contributed by atoms with E-state index in [2.05, 4.69) is 0 Å². The molecule has 0 amide bonds. The van der Waals surface area contributed by atoms with E-state index in [-0.39, 0.29) is 0 Å². The van der Waals surface area contributed by atoms with Gasteiger partial charge in [0.2, 0.25) is 0 Å². The number of carboxylic acids is 1. The zero-order chi connectivity index (χ0) is 10.8. The van der Waals surface area contributed by atoms with E-state index in [1.807, 2.05) is 35.7 Å². The highest BCUT2D eigenvalue weighted by Gasteiger charge is 2.10. The number of carbonyl (C=O) groups excluding carboxylic acids is 1. The Morgan fingerprint density at radius 1 is 1.27 bits per heavy atom. The second kappa shape index (κ2) is 3.87. The molecule has 0 radical (unpaired) electrons. The average Bonchev–Trinajstić information content (AvgIpc) is 2.61. The molecule has 3 heteroatoms. The van der Waals surface area contributed by atoms with Crippen LogP contribution in [0.2, 0.25) is 0 Å². The van der Waals surface area contributed by atoms with Crippen LogP contribution >= 0.6 is 11.3 Å². The topological polar surface area (TPSA) is 40.1 Å². The third-order valence-electron chi connectivity index (χ3n) is 2.26. The minimum atomic E-state index is -1.10. The van der Waals surface area contributed by atoms with E-state index in [0.29, 0.717) is 5.56 Å². The standard InChI is InChI=1S/C12H10O2S/c1-8-11(12(13)14)10(7-15-8)9-5-3-2-4-6-9/h2-7H,1H3,(H,13,14)/p-1. The fraction of sp³-hybridized carbons (Fsp3) is 0.0833. The lowest BCUT2D eigenvalue weighted by Gasteiger charge is -2.06. The van der Waals surface area contributed by atoms with E-state index < -0.39 is 5.97 Å². The fourth-order valence-corrected chi connectivity index (χ4v) is 2.40. The van der Waals surface area contributed by atoms with Crippen molar-refractivity contribution in [2.45, 2.75) is 6.92 Å². The Balaban J connectivity index is 2.59. The van der Waals surface area contributed by atoms with Crippen molar-refractivity contribution < 1.29 is 9.90 Å². The molecule has 0 atom stereocenters. The van der Waals surface area contributed by atoms with Gasteiger partial charge in [0.05, 0.1) is 5.97 Å². The van der Waals surface area contributed by atoms with Gasteiger partial charge in [-0.05, 0) is 17.9 Å². The quantitative estimate of drug-likeness (QED) is 0.772. The monoisotopic (exact) mass is 217 g/mol. The summed E-state index contributed by atoms with van der Waals surface area (Å²) in [6.07, 6.45) is 0. The molecule has 0 spiro atoms. The van der Waals surface area contributed by atoms with Crippen molar-refractivity contribution in [3.05, 3.63) is 46.2 Å². The molecule has 0 saturated heterocycles. The molecule has 0 aliphatic rings. The number of carbonyl (C=O) groups is 1. The van der Waals surface area contributed by atoms with Gasteiger partial charge in [-0.15, -0.1) is 11.3 Å².